The summed E-state index contributed by atoms with van der Waals surface area (Å²) in [6.07, 6.45) is -1.29. The lowest BCUT2D eigenvalue weighted by Crippen LogP contribution is -2.33. The van der Waals surface area contributed by atoms with Gasteiger partial charge in [0.15, 0.2) is 11.6 Å². The van der Waals surface area contributed by atoms with E-state index in [0.29, 0.717) is 18.8 Å². The lowest BCUT2D eigenvalue weighted by Gasteiger charge is -2.35. The standard InChI is InChI=1S/C22H20F4N4O/c1-27-19-18(8-11-30-15(12-22(24,25)26)13-28-21(19)30)29-9-6-14(7-10-29)16-4-3-5-17(23)20(16)31-2/h3-5,8,11,13-14H,6-7,9-10,12H2,2H3. The molecule has 0 aliphatic carbocycles. The topological polar surface area (TPSA) is 34.1 Å². The number of piperidine rings is 1. The molecule has 3 heterocycles. The fraction of sp³-hybridized carbons (Fsp3) is 0.364. The van der Waals surface area contributed by atoms with Crippen molar-refractivity contribution < 1.29 is 22.3 Å². The summed E-state index contributed by atoms with van der Waals surface area (Å²) in [5.74, 6) is -0.0113. The normalized spacial score (nSPS) is 15.3. The van der Waals surface area contributed by atoms with Crippen LogP contribution in [0.1, 0.15) is 30.0 Å². The number of methoxy groups -OCH3 is 1. The molecule has 9 heteroatoms. The first-order valence-corrected chi connectivity index (χ1v) is 9.83. The van der Waals surface area contributed by atoms with Gasteiger partial charge in [0.25, 0.3) is 5.69 Å². The third-order valence-corrected chi connectivity index (χ3v) is 5.68. The molecule has 0 bridgehead atoms. The van der Waals surface area contributed by atoms with Crippen LogP contribution < -0.4 is 9.64 Å². The third kappa shape index (κ3) is 4.02. The number of nitrogens with zero attached hydrogens (tertiary/aromatic N) is 4. The van der Waals surface area contributed by atoms with Gasteiger partial charge in [0.1, 0.15) is 5.65 Å². The van der Waals surface area contributed by atoms with Crippen molar-refractivity contribution >= 4 is 17.0 Å². The summed E-state index contributed by atoms with van der Waals surface area (Å²) in [6, 6.07) is 6.57. The molecule has 4 rings (SSSR count). The minimum Gasteiger partial charge on any atom is -0.493 e. The highest BCUT2D eigenvalue weighted by molar-refractivity contribution is 5.84. The Hall–Kier alpha value is -3.28. The van der Waals surface area contributed by atoms with E-state index in [0.717, 1.165) is 18.4 Å². The van der Waals surface area contributed by atoms with Crippen molar-refractivity contribution in [1.29, 1.82) is 0 Å². The molecule has 0 saturated carbocycles. The van der Waals surface area contributed by atoms with E-state index in [1.165, 1.54) is 30.0 Å². The predicted molar refractivity (Wildman–Crippen MR) is 108 cm³/mol. The summed E-state index contributed by atoms with van der Waals surface area (Å²) in [5.41, 5.74) is 1.93. The van der Waals surface area contributed by atoms with Crippen LogP contribution in [0.4, 0.5) is 28.9 Å². The molecule has 0 atom stereocenters. The lowest BCUT2D eigenvalue weighted by atomic mass is 9.88. The zero-order chi connectivity index (χ0) is 22.2. The Morgan fingerprint density at radius 2 is 1.97 bits per heavy atom. The van der Waals surface area contributed by atoms with Crippen LogP contribution in [0.25, 0.3) is 10.5 Å². The third-order valence-electron chi connectivity index (χ3n) is 5.68. The quantitative estimate of drug-likeness (QED) is 0.402. The molecule has 2 aromatic heterocycles. The van der Waals surface area contributed by atoms with Crippen molar-refractivity contribution in [3.63, 3.8) is 0 Å². The number of imidazole rings is 1. The average Bonchev–Trinajstić information content (AvgIpc) is 3.14. The minimum absolute atomic E-state index is 0.00384. The summed E-state index contributed by atoms with van der Waals surface area (Å²) in [4.78, 5) is 9.70. The van der Waals surface area contributed by atoms with Crippen molar-refractivity contribution in [3.05, 3.63) is 65.2 Å². The first kappa shape index (κ1) is 21.0. The number of fused-ring (bicyclic) bond motifs is 1. The van der Waals surface area contributed by atoms with Gasteiger partial charge in [-0.15, -0.1) is 0 Å². The largest absolute Gasteiger partial charge is 0.493 e. The van der Waals surface area contributed by atoms with E-state index in [4.69, 9.17) is 11.3 Å². The summed E-state index contributed by atoms with van der Waals surface area (Å²) in [5, 5.41) is 0. The van der Waals surface area contributed by atoms with Crippen LogP contribution >= 0.6 is 0 Å². The number of ether oxygens (including phenoxy) is 1. The van der Waals surface area contributed by atoms with Gasteiger partial charge >= 0.3 is 6.18 Å². The molecular weight excluding hydrogens is 412 g/mol. The number of anilines is 1. The molecule has 5 nitrogen and oxygen atoms in total. The van der Waals surface area contributed by atoms with Crippen molar-refractivity contribution in [2.75, 3.05) is 25.1 Å². The van der Waals surface area contributed by atoms with E-state index in [2.05, 4.69) is 9.83 Å². The monoisotopic (exact) mass is 432 g/mol. The smallest absolute Gasteiger partial charge is 0.394 e. The van der Waals surface area contributed by atoms with Gasteiger partial charge < -0.3 is 14.0 Å². The Balaban J connectivity index is 1.58. The first-order valence-electron chi connectivity index (χ1n) is 9.83. The highest BCUT2D eigenvalue weighted by Gasteiger charge is 2.30. The molecule has 0 spiro atoms. The molecular formula is C22H20F4N4O. The van der Waals surface area contributed by atoms with E-state index in [-0.39, 0.29) is 28.7 Å². The Labute approximate surface area is 176 Å². The number of aromatic nitrogens is 2. The van der Waals surface area contributed by atoms with Crippen LogP contribution in [0.3, 0.4) is 0 Å². The van der Waals surface area contributed by atoms with Gasteiger partial charge in [0.05, 0.1) is 25.8 Å². The fourth-order valence-corrected chi connectivity index (χ4v) is 4.27. The highest BCUT2D eigenvalue weighted by atomic mass is 19.4. The number of benzene rings is 1. The minimum atomic E-state index is -4.35. The van der Waals surface area contributed by atoms with Gasteiger partial charge in [0, 0.05) is 36.7 Å². The van der Waals surface area contributed by atoms with Crippen LogP contribution in [0, 0.1) is 12.4 Å². The number of hydrogen-bond acceptors (Lipinski definition) is 3. The van der Waals surface area contributed by atoms with Crippen LogP contribution in [0.5, 0.6) is 5.75 Å². The number of rotatable bonds is 4. The molecule has 1 saturated heterocycles. The maximum atomic E-state index is 14.1. The number of pyridine rings is 1. The summed E-state index contributed by atoms with van der Waals surface area (Å²) in [6.45, 7) is 8.84. The number of hydrogen-bond donors (Lipinski definition) is 0. The Bertz CT molecular complexity index is 1140. The second-order valence-electron chi connectivity index (χ2n) is 7.52. The zero-order valence-electron chi connectivity index (χ0n) is 16.8. The van der Waals surface area contributed by atoms with Crippen LogP contribution in [0.2, 0.25) is 0 Å². The summed E-state index contributed by atoms with van der Waals surface area (Å²) in [7, 11) is 1.45. The predicted octanol–water partition coefficient (Wildman–Crippen LogP) is 5.52. The van der Waals surface area contributed by atoms with Gasteiger partial charge in [-0.25, -0.2) is 14.2 Å². The molecule has 0 N–H and O–H groups in total. The van der Waals surface area contributed by atoms with Gasteiger partial charge in [-0.2, -0.15) is 13.2 Å². The number of alkyl halides is 3. The first-order chi connectivity index (χ1) is 14.8. The molecule has 1 aliphatic rings. The SMILES string of the molecule is [C-]#[N+]c1c(N2CCC(c3cccc(F)c3OC)CC2)ccn2c(CC(F)(F)F)cnc12. The van der Waals surface area contributed by atoms with Crippen molar-refractivity contribution in [1.82, 2.24) is 9.38 Å². The summed E-state index contributed by atoms with van der Waals surface area (Å²) < 4.78 is 59.1. The average molecular weight is 432 g/mol. The Kier molecular flexibility index (Phi) is 5.48. The highest BCUT2D eigenvalue weighted by Crippen LogP contribution is 2.40. The van der Waals surface area contributed by atoms with E-state index >= 15 is 0 Å². The van der Waals surface area contributed by atoms with Crippen LogP contribution in [0.15, 0.2) is 36.7 Å². The zero-order valence-corrected chi connectivity index (χ0v) is 16.8. The van der Waals surface area contributed by atoms with Crippen molar-refractivity contribution in [2.45, 2.75) is 31.4 Å². The van der Waals surface area contributed by atoms with Crippen LogP contribution in [-0.2, 0) is 6.42 Å². The lowest BCUT2D eigenvalue weighted by molar-refractivity contribution is -0.127. The number of halogens is 4. The van der Waals surface area contributed by atoms with E-state index in [9.17, 15) is 17.6 Å². The fourth-order valence-electron chi connectivity index (χ4n) is 4.27. The summed E-state index contributed by atoms with van der Waals surface area (Å²) >= 11 is 0. The van der Waals surface area contributed by atoms with E-state index in [1.807, 2.05) is 11.0 Å². The maximum absolute atomic E-state index is 14.1. The van der Waals surface area contributed by atoms with E-state index in [1.54, 1.807) is 12.1 Å². The Morgan fingerprint density at radius 1 is 1.23 bits per heavy atom. The second kappa shape index (κ2) is 8.10. The van der Waals surface area contributed by atoms with Crippen molar-refractivity contribution in [2.24, 2.45) is 0 Å². The van der Waals surface area contributed by atoms with Crippen molar-refractivity contribution in [3.8, 4) is 5.75 Å². The molecule has 1 aliphatic heterocycles. The molecule has 1 fully saturated rings. The van der Waals surface area contributed by atoms with Gasteiger partial charge in [0.2, 0.25) is 0 Å². The number of para-hydroxylation sites is 1. The molecule has 0 radical (unpaired) electrons. The molecule has 162 valence electrons. The molecule has 3 aromatic rings. The Morgan fingerprint density at radius 3 is 2.61 bits per heavy atom. The molecule has 0 unspecified atom stereocenters. The molecule has 0 amide bonds. The van der Waals surface area contributed by atoms with Gasteiger partial charge in [-0.1, -0.05) is 12.1 Å². The molecule has 31 heavy (non-hydrogen) atoms. The van der Waals surface area contributed by atoms with Gasteiger partial charge in [-0.3, -0.25) is 0 Å². The van der Waals surface area contributed by atoms with Gasteiger partial charge in [-0.05, 0) is 30.9 Å². The van der Waals surface area contributed by atoms with E-state index < -0.39 is 18.4 Å². The van der Waals surface area contributed by atoms with Crippen LogP contribution in [-0.4, -0.2) is 35.8 Å². The molecule has 1 aromatic carbocycles. The second-order valence-corrected chi connectivity index (χ2v) is 7.52. The maximum Gasteiger partial charge on any atom is 0.394 e.